The van der Waals surface area contributed by atoms with E-state index in [1.54, 1.807) is 11.3 Å². The first-order valence-electron chi connectivity index (χ1n) is 2.23. The van der Waals surface area contributed by atoms with E-state index in [0.717, 1.165) is 0 Å². The molecule has 0 bridgehead atoms. The van der Waals surface area contributed by atoms with Gasteiger partial charge in [0.15, 0.2) is 0 Å². The zero-order valence-electron chi connectivity index (χ0n) is 4.49. The number of hydrogen-bond acceptors (Lipinski definition) is 1. The summed E-state index contributed by atoms with van der Waals surface area (Å²) in [7, 11) is 0. The van der Waals surface area contributed by atoms with Gasteiger partial charge >= 0.3 is 0 Å². The fraction of sp³-hybridized carbons (Fsp3) is 0.333. The molecule has 0 unspecified atom stereocenters. The third-order valence-electron chi connectivity index (χ3n) is 1.04. The van der Waals surface area contributed by atoms with Gasteiger partial charge in [-0.05, 0) is 30.9 Å². The van der Waals surface area contributed by atoms with Crippen LogP contribution in [0.4, 0.5) is 0 Å². The smallest absolute Gasteiger partial charge is 0.00497 e. The fourth-order valence-electron chi connectivity index (χ4n) is 0.396. The molecule has 1 aromatic heterocycles. The lowest BCUT2D eigenvalue weighted by Crippen LogP contribution is -1.62. The second kappa shape index (κ2) is 1.66. The van der Waals surface area contributed by atoms with Gasteiger partial charge in [0.1, 0.15) is 0 Å². The maximum Gasteiger partial charge on any atom is 0.00497 e. The monoisotopic (exact) mass is 111 g/mol. The molecule has 0 nitrogen and oxygen atoms in total. The molecule has 0 amide bonds. The summed E-state index contributed by atoms with van der Waals surface area (Å²) < 4.78 is 0. The standard InChI is InChI=1S/C6H7S/c1-5-3-4-7-6(5)2/h4H,1-2H3. The van der Waals surface area contributed by atoms with Crippen molar-refractivity contribution < 1.29 is 0 Å². The molecule has 37 valence electrons. The molecular formula is C6H7S. The van der Waals surface area contributed by atoms with Crippen LogP contribution in [0.15, 0.2) is 5.38 Å². The van der Waals surface area contributed by atoms with Gasteiger partial charge in [-0.25, -0.2) is 0 Å². The summed E-state index contributed by atoms with van der Waals surface area (Å²) in [6, 6.07) is 3.09. The van der Waals surface area contributed by atoms with E-state index in [1.807, 2.05) is 5.38 Å². The highest BCUT2D eigenvalue weighted by molar-refractivity contribution is 7.10. The first kappa shape index (κ1) is 4.85. The van der Waals surface area contributed by atoms with Crippen molar-refractivity contribution in [3.8, 4) is 0 Å². The summed E-state index contributed by atoms with van der Waals surface area (Å²) in [6.07, 6.45) is 0. The van der Waals surface area contributed by atoms with Crippen LogP contribution < -0.4 is 0 Å². The quantitative estimate of drug-likeness (QED) is 0.481. The van der Waals surface area contributed by atoms with E-state index in [-0.39, 0.29) is 0 Å². The molecule has 0 aliphatic heterocycles. The molecular weight excluding hydrogens is 104 g/mol. The van der Waals surface area contributed by atoms with Crippen LogP contribution in [0.3, 0.4) is 0 Å². The van der Waals surface area contributed by atoms with Crippen molar-refractivity contribution in [2.45, 2.75) is 13.8 Å². The molecule has 1 aromatic rings. The molecule has 1 heteroatoms. The van der Waals surface area contributed by atoms with Crippen LogP contribution in [0.1, 0.15) is 10.4 Å². The lowest BCUT2D eigenvalue weighted by atomic mass is 10.3. The highest BCUT2D eigenvalue weighted by Gasteiger charge is 1.87. The second-order valence-electron chi connectivity index (χ2n) is 1.56. The molecule has 0 spiro atoms. The predicted molar refractivity (Wildman–Crippen MR) is 32.6 cm³/mol. The van der Waals surface area contributed by atoms with Crippen LogP contribution >= 0.6 is 11.3 Å². The van der Waals surface area contributed by atoms with E-state index in [1.165, 1.54) is 10.4 Å². The van der Waals surface area contributed by atoms with E-state index in [4.69, 9.17) is 0 Å². The molecule has 0 N–H and O–H groups in total. The first-order chi connectivity index (χ1) is 3.30. The van der Waals surface area contributed by atoms with Crippen molar-refractivity contribution >= 4 is 11.3 Å². The van der Waals surface area contributed by atoms with Crippen LogP contribution in [-0.2, 0) is 0 Å². The topological polar surface area (TPSA) is 0 Å². The Morgan fingerprint density at radius 2 is 2.29 bits per heavy atom. The Bertz CT molecular complexity index is 136. The number of hydrogen-bond donors (Lipinski definition) is 0. The lowest BCUT2D eigenvalue weighted by molar-refractivity contribution is 1.44. The Balaban J connectivity index is 3.12. The maximum absolute atomic E-state index is 3.09. The highest BCUT2D eigenvalue weighted by Crippen LogP contribution is 2.11. The Hall–Kier alpha value is -0.300. The van der Waals surface area contributed by atoms with Gasteiger partial charge in [0.25, 0.3) is 0 Å². The second-order valence-corrected chi connectivity index (χ2v) is 2.65. The van der Waals surface area contributed by atoms with Crippen molar-refractivity contribution in [2.75, 3.05) is 0 Å². The molecule has 1 rings (SSSR count). The van der Waals surface area contributed by atoms with Crippen LogP contribution in [0, 0.1) is 19.9 Å². The predicted octanol–water partition coefficient (Wildman–Crippen LogP) is 2.17. The van der Waals surface area contributed by atoms with Crippen molar-refractivity contribution in [2.24, 2.45) is 0 Å². The zero-order valence-corrected chi connectivity index (χ0v) is 5.30. The van der Waals surface area contributed by atoms with Crippen LogP contribution in [-0.4, -0.2) is 0 Å². The van der Waals surface area contributed by atoms with E-state index in [2.05, 4.69) is 19.9 Å². The van der Waals surface area contributed by atoms with E-state index >= 15 is 0 Å². The summed E-state index contributed by atoms with van der Waals surface area (Å²) >= 11 is 1.75. The molecule has 0 saturated heterocycles. The third-order valence-corrected chi connectivity index (χ3v) is 1.93. The van der Waals surface area contributed by atoms with Gasteiger partial charge in [-0.1, -0.05) is 0 Å². The van der Waals surface area contributed by atoms with Crippen LogP contribution in [0.5, 0.6) is 0 Å². The minimum Gasteiger partial charge on any atom is -0.148 e. The Labute approximate surface area is 47.8 Å². The van der Waals surface area contributed by atoms with Crippen LogP contribution in [0.2, 0.25) is 0 Å². The summed E-state index contributed by atoms with van der Waals surface area (Å²) in [4.78, 5) is 1.38. The van der Waals surface area contributed by atoms with E-state index < -0.39 is 0 Å². The zero-order chi connectivity index (χ0) is 5.28. The average Bonchev–Trinajstić information content (AvgIpc) is 1.91. The molecule has 0 atom stereocenters. The molecule has 0 saturated carbocycles. The molecule has 0 aliphatic carbocycles. The molecule has 7 heavy (non-hydrogen) atoms. The Morgan fingerprint density at radius 1 is 1.57 bits per heavy atom. The van der Waals surface area contributed by atoms with Gasteiger partial charge in [0.2, 0.25) is 0 Å². The molecule has 0 fully saturated rings. The van der Waals surface area contributed by atoms with Crippen molar-refractivity contribution in [3.63, 3.8) is 0 Å². The van der Waals surface area contributed by atoms with Gasteiger partial charge in [-0.2, -0.15) is 0 Å². The van der Waals surface area contributed by atoms with Gasteiger partial charge in [-0.3, -0.25) is 0 Å². The van der Waals surface area contributed by atoms with Gasteiger partial charge < -0.3 is 0 Å². The minimum absolute atomic E-state index is 1.28. The number of thiophene rings is 1. The maximum atomic E-state index is 3.09. The molecule has 0 aliphatic rings. The summed E-state index contributed by atoms with van der Waals surface area (Å²) in [5, 5.41) is 1.99. The minimum atomic E-state index is 1.28. The third kappa shape index (κ3) is 0.829. The first-order valence-corrected chi connectivity index (χ1v) is 3.11. The van der Waals surface area contributed by atoms with Gasteiger partial charge in [-0.15, -0.1) is 11.3 Å². The van der Waals surface area contributed by atoms with Crippen molar-refractivity contribution in [1.29, 1.82) is 0 Å². The Morgan fingerprint density at radius 3 is 2.43 bits per heavy atom. The Kier molecular flexibility index (Phi) is 1.15. The highest BCUT2D eigenvalue weighted by atomic mass is 32.1. The SMILES string of the molecule is Cc1[c]csc1C. The summed E-state index contributed by atoms with van der Waals surface area (Å²) in [6.45, 7) is 4.18. The van der Waals surface area contributed by atoms with E-state index in [0.29, 0.717) is 0 Å². The van der Waals surface area contributed by atoms with E-state index in [9.17, 15) is 0 Å². The normalized spacial score (nSPS) is 9.43. The average molecular weight is 111 g/mol. The summed E-state index contributed by atoms with van der Waals surface area (Å²) in [5.74, 6) is 0. The van der Waals surface area contributed by atoms with Crippen molar-refractivity contribution in [3.05, 3.63) is 21.9 Å². The largest absolute Gasteiger partial charge is 0.148 e. The lowest BCUT2D eigenvalue weighted by Gasteiger charge is -1.79. The molecule has 1 radical (unpaired) electrons. The number of aryl methyl sites for hydroxylation is 2. The van der Waals surface area contributed by atoms with Crippen LogP contribution in [0.25, 0.3) is 0 Å². The van der Waals surface area contributed by atoms with Gasteiger partial charge in [0, 0.05) is 4.88 Å². The number of rotatable bonds is 0. The van der Waals surface area contributed by atoms with Gasteiger partial charge in [0.05, 0.1) is 0 Å². The van der Waals surface area contributed by atoms with Crippen molar-refractivity contribution in [1.82, 2.24) is 0 Å². The molecule has 0 aromatic carbocycles. The summed E-state index contributed by atoms with van der Waals surface area (Å²) in [5.41, 5.74) is 1.28. The molecule has 1 heterocycles. The fourth-order valence-corrected chi connectivity index (χ4v) is 1.04.